The van der Waals surface area contributed by atoms with Crippen molar-refractivity contribution >= 4 is 51.9 Å². The van der Waals surface area contributed by atoms with E-state index in [1.807, 2.05) is 6.07 Å². The van der Waals surface area contributed by atoms with Crippen LogP contribution in [0.4, 0.5) is 5.82 Å². The van der Waals surface area contributed by atoms with Crippen LogP contribution in [-0.2, 0) is 14.2 Å². The quantitative estimate of drug-likeness (QED) is 0.327. The number of methoxy groups -OCH3 is 3. The summed E-state index contributed by atoms with van der Waals surface area (Å²) < 4.78 is 17.2. The highest BCUT2D eigenvalue weighted by atomic mass is 35.5. The van der Waals surface area contributed by atoms with Crippen LogP contribution in [-0.4, -0.2) is 58.4 Å². The number of carbonyl (C=O) groups excluding carboxylic acids is 3. The second-order valence-electron chi connectivity index (χ2n) is 7.20. The molecule has 0 saturated heterocycles. The molecule has 4 aromatic rings. The van der Waals surface area contributed by atoms with E-state index in [4.69, 9.17) is 31.5 Å². The first-order chi connectivity index (χ1) is 16.7. The fourth-order valence-corrected chi connectivity index (χ4v) is 4.01. The van der Waals surface area contributed by atoms with Crippen molar-refractivity contribution in [3.63, 3.8) is 0 Å². The van der Waals surface area contributed by atoms with Crippen LogP contribution in [0.1, 0.15) is 42.5 Å². The molecule has 0 atom stereocenters. The predicted molar refractivity (Wildman–Crippen MR) is 123 cm³/mol. The van der Waals surface area contributed by atoms with Crippen LogP contribution in [0.25, 0.3) is 22.4 Å². The van der Waals surface area contributed by atoms with Crippen molar-refractivity contribution in [3.8, 4) is 11.9 Å². The van der Waals surface area contributed by atoms with Gasteiger partial charge < -0.3 is 19.9 Å². The van der Waals surface area contributed by atoms with Crippen LogP contribution >= 0.6 is 11.6 Å². The zero-order valence-corrected chi connectivity index (χ0v) is 19.6. The summed E-state index contributed by atoms with van der Waals surface area (Å²) in [6, 6.07) is 6.59. The Labute approximate surface area is 202 Å². The second kappa shape index (κ2) is 8.62. The summed E-state index contributed by atoms with van der Waals surface area (Å²) in [4.78, 5) is 43.5. The Hall–Kier alpha value is -4.63. The number of halogens is 1. The molecule has 0 aliphatic heterocycles. The molecule has 4 rings (SSSR count). The van der Waals surface area contributed by atoms with Crippen molar-refractivity contribution < 1.29 is 28.6 Å². The molecular weight excluding hydrogens is 480 g/mol. The molecule has 0 bridgehead atoms. The third kappa shape index (κ3) is 3.41. The number of hydrogen-bond acceptors (Lipinski definition) is 10. The first kappa shape index (κ1) is 23.5. The smallest absolute Gasteiger partial charge is 0.355 e. The number of nitrogens with zero attached hydrogens (tertiary/aromatic N) is 5. The molecule has 13 heteroatoms. The summed E-state index contributed by atoms with van der Waals surface area (Å²) in [5.41, 5.74) is 6.01. The molecule has 0 unspecified atom stereocenters. The first-order valence-corrected chi connectivity index (χ1v) is 10.3. The maximum Gasteiger partial charge on any atom is 0.355 e. The molecule has 0 amide bonds. The number of aromatic nitrogens is 4. The Kier molecular flexibility index (Phi) is 5.79. The zero-order valence-electron chi connectivity index (χ0n) is 18.9. The number of carbonyl (C=O) groups is 3. The van der Waals surface area contributed by atoms with Gasteiger partial charge in [-0.25, -0.2) is 19.4 Å². The van der Waals surface area contributed by atoms with Gasteiger partial charge in [-0.15, -0.1) is 0 Å². The highest BCUT2D eigenvalue weighted by Gasteiger charge is 2.37. The molecule has 0 spiro atoms. The predicted octanol–water partition coefficient (Wildman–Crippen LogP) is 2.45. The van der Waals surface area contributed by atoms with Crippen LogP contribution in [0, 0.1) is 18.3 Å². The number of aryl methyl sites for hydroxylation is 1. The minimum Gasteiger partial charge on any atom is -0.465 e. The number of nitrogens with two attached hydrogens (primary N) is 1. The van der Waals surface area contributed by atoms with Crippen molar-refractivity contribution in [1.82, 2.24) is 19.2 Å². The number of fused-ring (bicyclic) bond motifs is 3. The topological polar surface area (TPSA) is 164 Å². The van der Waals surface area contributed by atoms with Crippen LogP contribution in [0.15, 0.2) is 18.2 Å². The van der Waals surface area contributed by atoms with E-state index >= 15 is 0 Å². The van der Waals surface area contributed by atoms with Gasteiger partial charge >= 0.3 is 17.9 Å². The van der Waals surface area contributed by atoms with Crippen LogP contribution in [0.5, 0.6) is 0 Å². The summed E-state index contributed by atoms with van der Waals surface area (Å²) in [5, 5.41) is 14.1. The van der Waals surface area contributed by atoms with Gasteiger partial charge in [-0.1, -0.05) is 11.6 Å². The van der Waals surface area contributed by atoms with E-state index < -0.39 is 23.5 Å². The van der Waals surface area contributed by atoms with E-state index in [1.54, 1.807) is 19.1 Å². The van der Waals surface area contributed by atoms with Gasteiger partial charge in [0.25, 0.3) is 0 Å². The van der Waals surface area contributed by atoms with Crippen LogP contribution < -0.4 is 5.73 Å². The number of anilines is 1. The number of rotatable bonds is 4. The van der Waals surface area contributed by atoms with E-state index in [2.05, 4.69) is 10.1 Å². The van der Waals surface area contributed by atoms with E-state index in [1.165, 1.54) is 10.5 Å². The summed E-state index contributed by atoms with van der Waals surface area (Å²) in [7, 11) is 3.32. The Morgan fingerprint density at radius 2 is 1.69 bits per heavy atom. The van der Waals surface area contributed by atoms with Gasteiger partial charge in [0.2, 0.25) is 0 Å². The van der Waals surface area contributed by atoms with E-state index in [-0.39, 0.29) is 39.5 Å². The lowest BCUT2D eigenvalue weighted by Crippen LogP contribution is -2.15. The number of hydrogen-bond donors (Lipinski definition) is 1. The Morgan fingerprint density at radius 1 is 1.06 bits per heavy atom. The normalized spacial score (nSPS) is 10.9. The van der Waals surface area contributed by atoms with Gasteiger partial charge in [0, 0.05) is 5.02 Å². The standard InChI is InChI=1S/C22H17ClN6O6/c1-9-11(8-24)18(25)29(27-9)19-16-14(20(30)33-2)15(21(31)34-3)17(22(32)35-4)28(16)13-7-10(23)5-6-12(13)26-19/h5-7H,25H2,1-4H3. The maximum atomic E-state index is 13.0. The molecule has 0 saturated carbocycles. The Morgan fingerprint density at radius 3 is 2.26 bits per heavy atom. The summed E-state index contributed by atoms with van der Waals surface area (Å²) >= 11 is 6.22. The fraction of sp³-hybridized carbons (Fsp3) is 0.182. The lowest BCUT2D eigenvalue weighted by molar-refractivity contribution is 0.0536. The number of benzene rings is 1. The zero-order chi connectivity index (χ0) is 25.6. The Bertz CT molecular complexity index is 1610. The molecule has 178 valence electrons. The summed E-state index contributed by atoms with van der Waals surface area (Å²) in [6.07, 6.45) is 0. The lowest BCUT2D eigenvalue weighted by Gasteiger charge is -2.12. The van der Waals surface area contributed by atoms with Crippen molar-refractivity contribution in [3.05, 3.63) is 51.3 Å². The molecule has 0 aliphatic rings. The molecule has 0 fully saturated rings. The molecule has 1 aromatic carbocycles. The highest BCUT2D eigenvalue weighted by molar-refractivity contribution is 6.31. The van der Waals surface area contributed by atoms with Crippen molar-refractivity contribution in [2.24, 2.45) is 0 Å². The molecule has 0 aliphatic carbocycles. The maximum absolute atomic E-state index is 13.0. The molecule has 2 N–H and O–H groups in total. The SMILES string of the molecule is COC(=O)c1c(C(=O)OC)c2c(-n3nc(C)c(C#N)c3N)nc3ccc(Cl)cc3n2c1C(=O)OC. The number of nitriles is 1. The number of ether oxygens (including phenoxy) is 3. The van der Waals surface area contributed by atoms with Crippen molar-refractivity contribution in [2.75, 3.05) is 27.1 Å². The van der Waals surface area contributed by atoms with Gasteiger partial charge in [0.15, 0.2) is 5.82 Å². The average Bonchev–Trinajstić information content (AvgIpc) is 3.36. The van der Waals surface area contributed by atoms with Crippen molar-refractivity contribution in [2.45, 2.75) is 6.92 Å². The molecule has 0 radical (unpaired) electrons. The molecular formula is C22H17ClN6O6. The summed E-state index contributed by atoms with van der Waals surface area (Å²) in [6.45, 7) is 1.57. The molecule has 3 heterocycles. The van der Waals surface area contributed by atoms with Gasteiger partial charge in [-0.3, -0.25) is 4.40 Å². The van der Waals surface area contributed by atoms with Gasteiger partial charge in [-0.05, 0) is 25.1 Å². The fourth-order valence-electron chi connectivity index (χ4n) is 3.85. The van der Waals surface area contributed by atoms with E-state index in [9.17, 15) is 19.6 Å². The van der Waals surface area contributed by atoms with Crippen LogP contribution in [0.2, 0.25) is 5.02 Å². The average molecular weight is 497 g/mol. The third-order valence-electron chi connectivity index (χ3n) is 5.35. The van der Waals surface area contributed by atoms with Gasteiger partial charge in [0.05, 0.1) is 38.1 Å². The molecule has 35 heavy (non-hydrogen) atoms. The second-order valence-corrected chi connectivity index (χ2v) is 7.63. The largest absolute Gasteiger partial charge is 0.465 e. The van der Waals surface area contributed by atoms with E-state index in [0.29, 0.717) is 16.2 Å². The number of nitrogen functional groups attached to an aromatic ring is 1. The van der Waals surface area contributed by atoms with Crippen molar-refractivity contribution in [1.29, 1.82) is 5.26 Å². The minimum absolute atomic E-state index is 0.0531. The lowest BCUT2D eigenvalue weighted by atomic mass is 10.1. The molecule has 3 aromatic heterocycles. The number of esters is 3. The molecule has 12 nitrogen and oxygen atoms in total. The van der Waals surface area contributed by atoms with E-state index in [0.717, 1.165) is 26.0 Å². The third-order valence-corrected chi connectivity index (χ3v) is 5.59. The first-order valence-electron chi connectivity index (χ1n) is 9.88. The Balaban J connectivity index is 2.39. The van der Waals surface area contributed by atoms with Crippen LogP contribution in [0.3, 0.4) is 0 Å². The summed E-state index contributed by atoms with van der Waals surface area (Å²) in [5.74, 6) is -3.04. The highest BCUT2D eigenvalue weighted by Crippen LogP contribution is 2.35. The van der Waals surface area contributed by atoms with Gasteiger partial charge in [0.1, 0.15) is 39.8 Å². The minimum atomic E-state index is -1.00. The monoisotopic (exact) mass is 496 g/mol. The van der Waals surface area contributed by atoms with Gasteiger partial charge in [-0.2, -0.15) is 15.0 Å².